The average Bonchev–Trinajstić information content (AvgIpc) is 2.99. The van der Waals surface area contributed by atoms with Gasteiger partial charge in [-0.2, -0.15) is 11.3 Å². The fourth-order valence-corrected chi connectivity index (χ4v) is 3.67. The van der Waals surface area contributed by atoms with Gasteiger partial charge in [0.25, 0.3) is 0 Å². The normalized spacial score (nSPS) is 14.9. The predicted molar refractivity (Wildman–Crippen MR) is 81.4 cm³/mol. The second kappa shape index (κ2) is 6.48. The van der Waals surface area contributed by atoms with Crippen LogP contribution in [-0.2, 0) is 6.42 Å². The molecule has 2 heterocycles. The van der Waals surface area contributed by atoms with E-state index in [1.807, 2.05) is 11.3 Å². The molecule has 4 heteroatoms. The van der Waals surface area contributed by atoms with Crippen molar-refractivity contribution in [1.29, 1.82) is 0 Å². The highest BCUT2D eigenvalue weighted by molar-refractivity contribution is 7.09. The summed E-state index contributed by atoms with van der Waals surface area (Å²) in [4.78, 5) is 3.81. The fraction of sp³-hybridized carbons (Fsp3) is 0.429. The highest BCUT2D eigenvalue weighted by atomic mass is 32.1. The predicted octanol–water partition coefficient (Wildman–Crippen LogP) is 3.37. The Hall–Kier alpha value is -0.680. The Labute approximate surface area is 117 Å². The van der Waals surface area contributed by atoms with Crippen molar-refractivity contribution in [2.75, 3.05) is 13.6 Å². The van der Waals surface area contributed by atoms with Gasteiger partial charge in [0, 0.05) is 17.5 Å². The van der Waals surface area contributed by atoms with E-state index < -0.39 is 0 Å². The number of hydrogen-bond acceptors (Lipinski definition) is 4. The van der Waals surface area contributed by atoms with Gasteiger partial charge in [-0.15, -0.1) is 11.3 Å². The van der Waals surface area contributed by atoms with Gasteiger partial charge >= 0.3 is 0 Å². The zero-order valence-electron chi connectivity index (χ0n) is 10.9. The second-order valence-corrected chi connectivity index (χ2v) is 6.48. The molecule has 2 aromatic heterocycles. The van der Waals surface area contributed by atoms with Gasteiger partial charge < -0.3 is 5.73 Å². The summed E-state index contributed by atoms with van der Waals surface area (Å²) < 4.78 is 0. The van der Waals surface area contributed by atoms with E-state index in [1.54, 1.807) is 11.3 Å². The molecule has 0 aromatic carbocycles. The molecule has 0 saturated heterocycles. The molecular formula is C14H20N2S2. The molecule has 2 atom stereocenters. The molecule has 98 valence electrons. The van der Waals surface area contributed by atoms with Crippen molar-refractivity contribution in [1.82, 2.24) is 4.90 Å². The highest BCUT2D eigenvalue weighted by Gasteiger charge is 2.21. The van der Waals surface area contributed by atoms with Crippen LogP contribution < -0.4 is 5.73 Å². The van der Waals surface area contributed by atoms with Gasteiger partial charge in [-0.25, -0.2) is 0 Å². The summed E-state index contributed by atoms with van der Waals surface area (Å²) in [5, 5.41) is 6.46. The lowest BCUT2D eigenvalue weighted by atomic mass is 10.0. The topological polar surface area (TPSA) is 29.3 Å². The first-order chi connectivity index (χ1) is 8.68. The molecule has 2 nitrogen and oxygen atoms in total. The molecule has 18 heavy (non-hydrogen) atoms. The molecule has 2 rings (SSSR count). The Morgan fingerprint density at radius 3 is 2.72 bits per heavy atom. The summed E-state index contributed by atoms with van der Waals surface area (Å²) in [6, 6.07) is 6.95. The zero-order valence-corrected chi connectivity index (χ0v) is 12.5. The number of thiophene rings is 2. The minimum absolute atomic E-state index is 0.146. The van der Waals surface area contributed by atoms with Gasteiger partial charge in [0.2, 0.25) is 0 Å². The van der Waals surface area contributed by atoms with Crippen molar-refractivity contribution in [3.63, 3.8) is 0 Å². The van der Waals surface area contributed by atoms with Crippen molar-refractivity contribution >= 4 is 22.7 Å². The van der Waals surface area contributed by atoms with Crippen molar-refractivity contribution in [2.24, 2.45) is 5.73 Å². The van der Waals surface area contributed by atoms with Crippen LogP contribution in [0.2, 0.25) is 0 Å². The van der Waals surface area contributed by atoms with Crippen LogP contribution in [0, 0.1) is 0 Å². The standard InChI is InChI=1S/C14H20N2S2/c1-11(15)14(12-6-9-17-10-12)16(2)7-5-13-4-3-8-18-13/h3-4,6,8-11,14H,5,7,15H2,1-2H3. The average molecular weight is 280 g/mol. The summed E-state index contributed by atoms with van der Waals surface area (Å²) in [5.74, 6) is 0. The number of rotatable bonds is 6. The smallest absolute Gasteiger partial charge is 0.0501 e. The molecular weight excluding hydrogens is 260 g/mol. The molecule has 0 bridgehead atoms. The SMILES string of the molecule is CC(N)C(c1ccsc1)N(C)CCc1cccs1. The van der Waals surface area contributed by atoms with Crippen molar-refractivity contribution in [2.45, 2.75) is 25.4 Å². The first kappa shape index (κ1) is 13.7. The van der Waals surface area contributed by atoms with Crippen molar-refractivity contribution < 1.29 is 0 Å². The third-order valence-electron chi connectivity index (χ3n) is 3.15. The van der Waals surface area contributed by atoms with Gasteiger partial charge in [-0.3, -0.25) is 4.90 Å². The lowest BCUT2D eigenvalue weighted by molar-refractivity contribution is 0.222. The van der Waals surface area contributed by atoms with Gasteiger partial charge in [-0.1, -0.05) is 6.07 Å². The summed E-state index contributed by atoms with van der Waals surface area (Å²) in [6.07, 6.45) is 1.10. The molecule has 0 aliphatic heterocycles. The molecule has 2 unspecified atom stereocenters. The van der Waals surface area contributed by atoms with Crippen LogP contribution in [0.25, 0.3) is 0 Å². The largest absolute Gasteiger partial charge is 0.326 e. The van der Waals surface area contributed by atoms with E-state index >= 15 is 0 Å². The second-order valence-electron chi connectivity index (χ2n) is 4.67. The minimum atomic E-state index is 0.146. The Kier molecular flexibility index (Phi) is 4.95. The van der Waals surface area contributed by atoms with E-state index in [0.717, 1.165) is 13.0 Å². The number of nitrogens with two attached hydrogens (primary N) is 1. The lowest BCUT2D eigenvalue weighted by Crippen LogP contribution is -2.38. The quantitative estimate of drug-likeness (QED) is 0.879. The molecule has 2 aromatic rings. The fourth-order valence-electron chi connectivity index (χ4n) is 2.28. The van der Waals surface area contributed by atoms with Crippen molar-refractivity contribution in [3.05, 3.63) is 44.8 Å². The molecule has 0 amide bonds. The molecule has 0 fully saturated rings. The van der Waals surface area contributed by atoms with Crippen LogP contribution in [0.1, 0.15) is 23.4 Å². The Morgan fingerprint density at radius 1 is 1.33 bits per heavy atom. The van der Waals surface area contributed by atoms with Crippen LogP contribution in [0.3, 0.4) is 0 Å². The van der Waals surface area contributed by atoms with Crippen LogP contribution in [-0.4, -0.2) is 24.5 Å². The molecule has 0 aliphatic rings. The number of nitrogens with zero attached hydrogens (tertiary/aromatic N) is 1. The molecule has 0 radical (unpaired) electrons. The van der Waals surface area contributed by atoms with Crippen LogP contribution in [0.4, 0.5) is 0 Å². The molecule has 0 saturated carbocycles. The van der Waals surface area contributed by atoms with Gasteiger partial charge in [-0.05, 0) is 54.2 Å². The monoisotopic (exact) mass is 280 g/mol. The van der Waals surface area contributed by atoms with E-state index in [2.05, 4.69) is 53.2 Å². The minimum Gasteiger partial charge on any atom is -0.326 e. The maximum Gasteiger partial charge on any atom is 0.0501 e. The first-order valence-electron chi connectivity index (χ1n) is 6.19. The Balaban J connectivity index is 1.98. The number of hydrogen-bond donors (Lipinski definition) is 1. The van der Waals surface area contributed by atoms with Gasteiger partial charge in [0.05, 0.1) is 6.04 Å². The van der Waals surface area contributed by atoms with E-state index in [1.165, 1.54) is 10.4 Å². The van der Waals surface area contributed by atoms with E-state index in [-0.39, 0.29) is 6.04 Å². The summed E-state index contributed by atoms with van der Waals surface area (Å²) in [6.45, 7) is 3.13. The van der Waals surface area contributed by atoms with Crippen LogP contribution >= 0.6 is 22.7 Å². The Bertz CT molecular complexity index is 434. The van der Waals surface area contributed by atoms with Gasteiger partial charge in [0.1, 0.15) is 0 Å². The number of likely N-dealkylation sites (N-methyl/N-ethyl adjacent to an activating group) is 1. The van der Waals surface area contributed by atoms with Gasteiger partial charge in [0.15, 0.2) is 0 Å². The van der Waals surface area contributed by atoms with Crippen molar-refractivity contribution in [3.8, 4) is 0 Å². The third-order valence-corrected chi connectivity index (χ3v) is 4.79. The molecule has 0 aliphatic carbocycles. The van der Waals surface area contributed by atoms with E-state index in [0.29, 0.717) is 6.04 Å². The summed E-state index contributed by atoms with van der Waals surface area (Å²) >= 11 is 3.57. The van der Waals surface area contributed by atoms with Crippen LogP contribution in [0.5, 0.6) is 0 Å². The molecule has 0 spiro atoms. The van der Waals surface area contributed by atoms with E-state index in [9.17, 15) is 0 Å². The maximum absolute atomic E-state index is 6.14. The highest BCUT2D eigenvalue weighted by Crippen LogP contribution is 2.24. The van der Waals surface area contributed by atoms with Crippen LogP contribution in [0.15, 0.2) is 34.3 Å². The Morgan fingerprint density at radius 2 is 2.17 bits per heavy atom. The first-order valence-corrected chi connectivity index (χ1v) is 8.01. The van der Waals surface area contributed by atoms with E-state index in [4.69, 9.17) is 5.73 Å². The lowest BCUT2D eigenvalue weighted by Gasteiger charge is -2.30. The summed E-state index contributed by atoms with van der Waals surface area (Å²) in [7, 11) is 2.17. The third kappa shape index (κ3) is 3.42. The maximum atomic E-state index is 6.14. The zero-order chi connectivity index (χ0) is 13.0. The molecule has 2 N–H and O–H groups in total. The summed E-state index contributed by atoms with van der Waals surface area (Å²) in [5.41, 5.74) is 7.48.